The van der Waals surface area contributed by atoms with Crippen LogP contribution < -0.4 is 10.3 Å². The lowest BCUT2D eigenvalue weighted by atomic mass is 10.1. The van der Waals surface area contributed by atoms with Crippen molar-refractivity contribution in [3.05, 3.63) is 56.4 Å². The number of carboxylic acids is 1. The Morgan fingerprint density at radius 1 is 1.39 bits per heavy atom. The standard InChI is InChI=1S/C19H14F2N2O4S/c1-9-13-16(28-14(9)18(25)26)22-15-11(6-7-23(15)17(13)24)8-10-4-2-3-5-12(10)27-19(20)21/h2-5,8,19H,6-7H2,1H3,(H,25,26)/b11-8-. The van der Waals surface area contributed by atoms with Gasteiger partial charge in [-0.3, -0.25) is 9.36 Å². The van der Waals surface area contributed by atoms with E-state index < -0.39 is 12.6 Å². The fourth-order valence-electron chi connectivity index (χ4n) is 3.34. The van der Waals surface area contributed by atoms with E-state index in [4.69, 9.17) is 0 Å². The number of para-hydroxylation sites is 1. The van der Waals surface area contributed by atoms with Gasteiger partial charge in [-0.2, -0.15) is 8.78 Å². The first-order valence-corrected chi connectivity index (χ1v) is 9.20. The van der Waals surface area contributed by atoms with E-state index in [2.05, 4.69) is 9.72 Å². The fourth-order valence-corrected chi connectivity index (χ4v) is 4.36. The van der Waals surface area contributed by atoms with E-state index in [1.165, 1.54) is 10.6 Å². The van der Waals surface area contributed by atoms with Gasteiger partial charge in [0.1, 0.15) is 21.3 Å². The van der Waals surface area contributed by atoms with Crippen LogP contribution in [0.4, 0.5) is 8.78 Å². The van der Waals surface area contributed by atoms with Gasteiger partial charge >= 0.3 is 12.6 Å². The SMILES string of the molecule is Cc1c(C(=O)O)sc2nc3n(c(=O)c12)CC/C3=C/c1ccccc1OC(F)F. The van der Waals surface area contributed by atoms with Crippen LogP contribution in [-0.2, 0) is 6.54 Å². The smallest absolute Gasteiger partial charge is 0.387 e. The molecular weight excluding hydrogens is 390 g/mol. The molecule has 2 aromatic heterocycles. The largest absolute Gasteiger partial charge is 0.477 e. The second-order valence-electron chi connectivity index (χ2n) is 6.27. The van der Waals surface area contributed by atoms with Crippen molar-refractivity contribution in [1.29, 1.82) is 0 Å². The third-order valence-corrected chi connectivity index (χ3v) is 5.78. The van der Waals surface area contributed by atoms with Crippen LogP contribution in [0.3, 0.4) is 0 Å². The number of carboxylic acid groups (broad SMARTS) is 1. The maximum Gasteiger partial charge on any atom is 0.387 e. The highest BCUT2D eigenvalue weighted by molar-refractivity contribution is 7.20. The van der Waals surface area contributed by atoms with Crippen molar-refractivity contribution >= 4 is 39.2 Å². The number of fused-ring (bicyclic) bond motifs is 2. The van der Waals surface area contributed by atoms with Crippen molar-refractivity contribution in [3.8, 4) is 5.75 Å². The highest BCUT2D eigenvalue weighted by atomic mass is 32.1. The lowest BCUT2D eigenvalue weighted by Gasteiger charge is -2.08. The molecule has 0 saturated heterocycles. The Morgan fingerprint density at radius 3 is 2.86 bits per heavy atom. The number of rotatable bonds is 4. The van der Waals surface area contributed by atoms with Crippen LogP contribution in [-0.4, -0.2) is 27.2 Å². The summed E-state index contributed by atoms with van der Waals surface area (Å²) in [7, 11) is 0. The Hall–Kier alpha value is -3.07. The zero-order chi connectivity index (χ0) is 20.0. The molecule has 0 amide bonds. The Morgan fingerprint density at radius 2 is 2.14 bits per heavy atom. The number of thiophene rings is 1. The van der Waals surface area contributed by atoms with Gasteiger partial charge in [0, 0.05) is 12.1 Å². The molecule has 1 aliphatic heterocycles. The first-order chi connectivity index (χ1) is 13.4. The summed E-state index contributed by atoms with van der Waals surface area (Å²) in [4.78, 5) is 29.2. The molecule has 0 spiro atoms. The first-order valence-electron chi connectivity index (χ1n) is 8.39. The summed E-state index contributed by atoms with van der Waals surface area (Å²) in [5.74, 6) is -0.645. The molecule has 6 nitrogen and oxygen atoms in total. The molecule has 144 valence electrons. The quantitative estimate of drug-likeness (QED) is 0.711. The molecule has 0 bridgehead atoms. The maximum atomic E-state index is 12.9. The fraction of sp³-hybridized carbons (Fsp3) is 0.211. The Kier molecular flexibility index (Phi) is 4.46. The Labute approximate surface area is 161 Å². The lowest BCUT2D eigenvalue weighted by molar-refractivity contribution is -0.0499. The molecule has 0 saturated carbocycles. The second kappa shape index (κ2) is 6.83. The molecule has 0 aliphatic carbocycles. The van der Waals surface area contributed by atoms with Crippen LogP contribution in [0.5, 0.6) is 5.75 Å². The monoisotopic (exact) mass is 404 g/mol. The number of alkyl halides is 2. The van der Waals surface area contributed by atoms with Crippen molar-refractivity contribution in [3.63, 3.8) is 0 Å². The van der Waals surface area contributed by atoms with Gasteiger partial charge < -0.3 is 9.84 Å². The van der Waals surface area contributed by atoms with Crippen LogP contribution in [0.1, 0.15) is 33.0 Å². The van der Waals surface area contributed by atoms with E-state index in [0.717, 1.165) is 11.3 Å². The third kappa shape index (κ3) is 2.97. The number of carbonyl (C=O) groups is 1. The van der Waals surface area contributed by atoms with Gasteiger partial charge in [0.25, 0.3) is 5.56 Å². The molecule has 3 heterocycles. The number of aromatic carboxylic acids is 1. The summed E-state index contributed by atoms with van der Waals surface area (Å²) < 4.78 is 31.3. The minimum atomic E-state index is -2.95. The van der Waals surface area contributed by atoms with Crippen LogP contribution in [0.25, 0.3) is 21.9 Å². The van der Waals surface area contributed by atoms with E-state index in [1.807, 2.05) is 0 Å². The Balaban J connectivity index is 1.86. The molecule has 0 atom stereocenters. The topological polar surface area (TPSA) is 81.4 Å². The van der Waals surface area contributed by atoms with Gasteiger partial charge in [0.05, 0.1) is 5.39 Å². The molecule has 1 N–H and O–H groups in total. The van der Waals surface area contributed by atoms with Crippen molar-refractivity contribution in [2.45, 2.75) is 26.5 Å². The van der Waals surface area contributed by atoms with Gasteiger partial charge in [-0.1, -0.05) is 18.2 Å². The number of halogens is 2. The van der Waals surface area contributed by atoms with Crippen molar-refractivity contribution in [2.75, 3.05) is 0 Å². The Bertz CT molecular complexity index is 1200. The second-order valence-corrected chi connectivity index (χ2v) is 7.27. The predicted octanol–water partition coefficient (Wildman–Crippen LogP) is 4.01. The minimum absolute atomic E-state index is 0.0343. The van der Waals surface area contributed by atoms with Gasteiger partial charge in [0.15, 0.2) is 0 Å². The number of ether oxygens (including phenoxy) is 1. The predicted molar refractivity (Wildman–Crippen MR) is 101 cm³/mol. The molecule has 3 aromatic rings. The van der Waals surface area contributed by atoms with Gasteiger partial charge in [-0.15, -0.1) is 11.3 Å². The average Bonchev–Trinajstić information content (AvgIpc) is 3.18. The highest BCUT2D eigenvalue weighted by Crippen LogP contribution is 2.33. The van der Waals surface area contributed by atoms with Gasteiger partial charge in [-0.25, -0.2) is 9.78 Å². The number of benzene rings is 1. The van der Waals surface area contributed by atoms with Gasteiger partial charge in [0.2, 0.25) is 0 Å². The normalized spacial score (nSPS) is 14.8. The number of hydrogen-bond acceptors (Lipinski definition) is 5. The molecule has 9 heteroatoms. The molecule has 28 heavy (non-hydrogen) atoms. The molecule has 0 unspecified atom stereocenters. The van der Waals surface area contributed by atoms with Crippen LogP contribution in [0.2, 0.25) is 0 Å². The number of allylic oxidation sites excluding steroid dienone is 1. The summed E-state index contributed by atoms with van der Waals surface area (Å²) in [5.41, 5.74) is 1.27. The van der Waals surface area contributed by atoms with Crippen molar-refractivity contribution in [2.24, 2.45) is 0 Å². The van der Waals surface area contributed by atoms with E-state index in [0.29, 0.717) is 45.7 Å². The van der Waals surface area contributed by atoms with E-state index in [1.54, 1.807) is 31.2 Å². The molecular formula is C19H14F2N2O4S. The van der Waals surface area contributed by atoms with Crippen LogP contribution in [0, 0.1) is 6.92 Å². The van der Waals surface area contributed by atoms with Crippen LogP contribution in [0.15, 0.2) is 29.1 Å². The van der Waals surface area contributed by atoms with Crippen molar-refractivity contribution < 1.29 is 23.4 Å². The zero-order valence-electron chi connectivity index (χ0n) is 14.6. The maximum absolute atomic E-state index is 12.9. The lowest BCUT2D eigenvalue weighted by Crippen LogP contribution is -2.20. The first kappa shape index (κ1) is 18.3. The number of aryl methyl sites for hydroxylation is 1. The molecule has 0 radical (unpaired) electrons. The summed E-state index contributed by atoms with van der Waals surface area (Å²) in [6.07, 6.45) is 2.18. The molecule has 0 fully saturated rings. The summed E-state index contributed by atoms with van der Waals surface area (Å²) in [5, 5.41) is 9.62. The summed E-state index contributed by atoms with van der Waals surface area (Å²) >= 11 is 0.957. The van der Waals surface area contributed by atoms with E-state index in [-0.39, 0.29) is 16.2 Å². The highest BCUT2D eigenvalue weighted by Gasteiger charge is 2.25. The van der Waals surface area contributed by atoms with E-state index in [9.17, 15) is 23.5 Å². The summed E-state index contributed by atoms with van der Waals surface area (Å²) in [6.45, 7) is -0.959. The molecule has 1 aliphatic rings. The number of hydrogen-bond donors (Lipinski definition) is 1. The zero-order valence-corrected chi connectivity index (χ0v) is 15.4. The number of aromatic nitrogens is 2. The van der Waals surface area contributed by atoms with Crippen LogP contribution >= 0.6 is 11.3 Å². The minimum Gasteiger partial charge on any atom is -0.477 e. The van der Waals surface area contributed by atoms with Gasteiger partial charge in [-0.05, 0) is 36.6 Å². The third-order valence-electron chi connectivity index (χ3n) is 4.60. The number of nitrogens with zero attached hydrogens (tertiary/aromatic N) is 2. The van der Waals surface area contributed by atoms with E-state index >= 15 is 0 Å². The molecule has 4 rings (SSSR count). The average molecular weight is 404 g/mol. The van der Waals surface area contributed by atoms with Crippen molar-refractivity contribution in [1.82, 2.24) is 9.55 Å². The summed E-state index contributed by atoms with van der Waals surface area (Å²) in [6, 6.07) is 6.38. The molecule has 1 aromatic carbocycles.